The summed E-state index contributed by atoms with van der Waals surface area (Å²) in [4.78, 5) is 56.0. The van der Waals surface area contributed by atoms with Gasteiger partial charge >= 0.3 is 23.5 Å². The van der Waals surface area contributed by atoms with Gasteiger partial charge in [-0.15, -0.1) is 0 Å². The van der Waals surface area contributed by atoms with E-state index in [1.165, 1.54) is 38.2 Å². The summed E-state index contributed by atoms with van der Waals surface area (Å²) in [6.45, 7) is 8.06. The molecule has 12 nitrogen and oxygen atoms in total. The predicted molar refractivity (Wildman–Crippen MR) is 172 cm³/mol. The van der Waals surface area contributed by atoms with Crippen LogP contribution in [0.15, 0.2) is 64.1 Å². The number of carbonyl (C=O) groups is 3. The van der Waals surface area contributed by atoms with Gasteiger partial charge in [-0.05, 0) is 61.8 Å². The van der Waals surface area contributed by atoms with Crippen molar-refractivity contribution in [2.45, 2.75) is 77.8 Å². The monoisotopic (exact) mass is 670 g/mol. The lowest BCUT2D eigenvalue weighted by Gasteiger charge is -2.66. The molecule has 1 aliphatic heterocycles. The number of fused-ring (bicyclic) bond motifs is 4. The molecule has 256 valence electrons. The van der Waals surface area contributed by atoms with Crippen molar-refractivity contribution in [2.24, 2.45) is 22.7 Å². The lowest BCUT2D eigenvalue weighted by atomic mass is 9.42. The minimum absolute atomic E-state index is 0.0545. The van der Waals surface area contributed by atoms with Crippen LogP contribution in [-0.2, 0) is 23.8 Å². The molecule has 6 rings (SSSR count). The van der Waals surface area contributed by atoms with Gasteiger partial charge in [0, 0.05) is 49.2 Å². The summed E-state index contributed by atoms with van der Waals surface area (Å²) in [7, 11) is 0. The fourth-order valence-electron chi connectivity index (χ4n) is 8.79. The molecule has 49 heavy (non-hydrogen) atoms. The van der Waals surface area contributed by atoms with Gasteiger partial charge in [-0.3, -0.25) is 14.6 Å². The third kappa shape index (κ3) is 5.65. The number of aliphatic hydroxyl groups excluding tert-OH is 1. The number of aromatic nitrogens is 1. The Hall–Kier alpha value is -5.02. The highest BCUT2D eigenvalue weighted by Crippen LogP contribution is 2.67. The molecular weight excluding hydrogens is 632 g/mol. The Morgan fingerprint density at radius 3 is 2.49 bits per heavy atom. The first-order valence-electron chi connectivity index (χ1n) is 16.2. The zero-order valence-electron chi connectivity index (χ0n) is 27.9. The Morgan fingerprint density at radius 2 is 1.82 bits per heavy atom. The van der Waals surface area contributed by atoms with E-state index in [9.17, 15) is 29.5 Å². The van der Waals surface area contributed by atoms with E-state index in [0.29, 0.717) is 18.4 Å². The molecule has 2 aliphatic carbocycles. The standard InChI is InChI=1S/C37H38N2O10/c1-20(40)45-19-36(4)27-16-29(48-33(43)24-11-7-6-9-22(24)17-38)37(5)32(35(27,3)13-12-28(36)46-21(2)41)31(42)30-26(49-37)15-25(47-34(30)44)23-10-8-14-39-18-23/h6-11,14-15,18,27-29,31-32,42H,12-13,16,19H2,1-5H3/t27?,28-,29-,31-,32?,35-,36+,37+/m0/s1. The fraction of sp³-hybridized carbons (Fsp3) is 0.459. The quantitative estimate of drug-likeness (QED) is 0.277. The first kappa shape index (κ1) is 33.9. The van der Waals surface area contributed by atoms with Crippen molar-refractivity contribution in [2.75, 3.05) is 6.61 Å². The van der Waals surface area contributed by atoms with Crippen LogP contribution in [0, 0.1) is 34.0 Å². The maximum Gasteiger partial charge on any atom is 0.345 e. The summed E-state index contributed by atoms with van der Waals surface area (Å²) in [5.41, 5.74) is -3.41. The van der Waals surface area contributed by atoms with Gasteiger partial charge in [-0.25, -0.2) is 9.59 Å². The van der Waals surface area contributed by atoms with Crippen LogP contribution in [0.3, 0.4) is 0 Å². The molecule has 1 N–H and O–H groups in total. The number of rotatable bonds is 6. The maximum absolute atomic E-state index is 13.9. The molecule has 3 aromatic rings. The molecule has 0 radical (unpaired) electrons. The van der Waals surface area contributed by atoms with Crippen LogP contribution in [0.25, 0.3) is 11.3 Å². The molecule has 12 heteroatoms. The molecule has 2 aromatic heterocycles. The number of esters is 3. The summed E-state index contributed by atoms with van der Waals surface area (Å²) in [6, 6.07) is 13.2. The molecule has 3 aliphatic rings. The van der Waals surface area contributed by atoms with Crippen LogP contribution in [0.1, 0.15) is 81.5 Å². The van der Waals surface area contributed by atoms with E-state index in [1.54, 1.807) is 37.4 Å². The summed E-state index contributed by atoms with van der Waals surface area (Å²) in [5.74, 6) is -2.90. The van der Waals surface area contributed by atoms with Crippen molar-refractivity contribution < 1.29 is 42.9 Å². The minimum atomic E-state index is -1.43. The molecule has 8 atom stereocenters. The number of benzene rings is 1. The van der Waals surface area contributed by atoms with Gasteiger partial charge in [0.1, 0.15) is 47.6 Å². The van der Waals surface area contributed by atoms with Gasteiger partial charge in [0.15, 0.2) is 0 Å². The lowest BCUT2D eigenvalue weighted by molar-refractivity contribution is -0.266. The number of hydrogen-bond donors (Lipinski definition) is 1. The number of hydrogen-bond acceptors (Lipinski definition) is 12. The van der Waals surface area contributed by atoms with Crippen LogP contribution in [0.4, 0.5) is 0 Å². The number of nitrogens with zero attached hydrogens (tertiary/aromatic N) is 2. The highest BCUT2D eigenvalue weighted by atomic mass is 16.6. The third-order valence-electron chi connectivity index (χ3n) is 10.9. The molecule has 0 amide bonds. The van der Waals surface area contributed by atoms with Crippen LogP contribution < -0.4 is 10.4 Å². The SMILES string of the molecule is CC(=O)OC[C@]1(C)C2C[C@H](OC(=O)c3ccccc3C#N)[C@@]3(C)Oc4cc(-c5cccnc5)oc(=O)c4[C@H](O)C3[C@@]2(C)CC[C@@H]1OC(C)=O. The molecular formula is C37H38N2O10. The van der Waals surface area contributed by atoms with E-state index in [-0.39, 0.29) is 41.2 Å². The lowest BCUT2D eigenvalue weighted by Crippen LogP contribution is -2.71. The van der Waals surface area contributed by atoms with Crippen molar-refractivity contribution in [3.05, 3.63) is 82.0 Å². The van der Waals surface area contributed by atoms with E-state index in [4.69, 9.17) is 23.4 Å². The van der Waals surface area contributed by atoms with Crippen molar-refractivity contribution in [3.63, 3.8) is 0 Å². The van der Waals surface area contributed by atoms with Gasteiger partial charge in [0.05, 0.1) is 17.2 Å². The van der Waals surface area contributed by atoms with Gasteiger partial charge in [-0.1, -0.05) is 26.0 Å². The molecule has 0 saturated heterocycles. The van der Waals surface area contributed by atoms with Crippen molar-refractivity contribution in [1.82, 2.24) is 4.98 Å². The Bertz CT molecular complexity index is 1900. The van der Waals surface area contributed by atoms with E-state index in [0.717, 1.165) is 0 Å². The Kier molecular flexibility index (Phi) is 8.61. The Morgan fingerprint density at radius 1 is 1.06 bits per heavy atom. The highest BCUT2D eigenvalue weighted by Gasteiger charge is 2.71. The number of nitriles is 1. The van der Waals surface area contributed by atoms with Crippen molar-refractivity contribution in [3.8, 4) is 23.1 Å². The van der Waals surface area contributed by atoms with E-state index >= 15 is 0 Å². The largest absolute Gasteiger partial charge is 0.482 e. The molecule has 3 heterocycles. The summed E-state index contributed by atoms with van der Waals surface area (Å²) in [5, 5.41) is 22.0. The van der Waals surface area contributed by atoms with E-state index in [2.05, 4.69) is 4.98 Å². The first-order valence-corrected chi connectivity index (χ1v) is 16.2. The van der Waals surface area contributed by atoms with Crippen molar-refractivity contribution in [1.29, 1.82) is 5.26 Å². The number of pyridine rings is 1. The smallest absolute Gasteiger partial charge is 0.345 e. The van der Waals surface area contributed by atoms with Gasteiger partial charge in [-0.2, -0.15) is 5.26 Å². The minimum Gasteiger partial charge on any atom is -0.482 e. The maximum atomic E-state index is 13.9. The molecule has 2 saturated carbocycles. The van der Waals surface area contributed by atoms with Gasteiger partial charge in [0.25, 0.3) is 0 Å². The number of ether oxygens (including phenoxy) is 4. The zero-order chi connectivity index (χ0) is 35.3. The third-order valence-corrected chi connectivity index (χ3v) is 10.9. The van der Waals surface area contributed by atoms with Crippen LogP contribution in [0.2, 0.25) is 0 Å². The van der Waals surface area contributed by atoms with Gasteiger partial charge < -0.3 is 28.5 Å². The molecule has 2 unspecified atom stereocenters. The highest BCUT2D eigenvalue weighted by molar-refractivity contribution is 5.92. The topological polar surface area (TPSA) is 175 Å². The van der Waals surface area contributed by atoms with E-state index < -0.39 is 70.1 Å². The molecule has 1 aromatic carbocycles. The normalized spacial score (nSPS) is 31.4. The molecule has 2 fully saturated rings. The Labute approximate surface area is 283 Å². The Balaban J connectivity index is 1.52. The van der Waals surface area contributed by atoms with Crippen LogP contribution in [0.5, 0.6) is 5.75 Å². The predicted octanol–water partition coefficient (Wildman–Crippen LogP) is 4.92. The average Bonchev–Trinajstić information content (AvgIpc) is 3.06. The molecule has 0 bridgehead atoms. The summed E-state index contributed by atoms with van der Waals surface area (Å²) < 4.78 is 30.1. The zero-order valence-corrected chi connectivity index (χ0v) is 27.9. The second-order valence-corrected chi connectivity index (χ2v) is 13.9. The summed E-state index contributed by atoms with van der Waals surface area (Å²) >= 11 is 0. The fourth-order valence-corrected chi connectivity index (χ4v) is 8.79. The first-order chi connectivity index (χ1) is 23.2. The second-order valence-electron chi connectivity index (χ2n) is 13.9. The van der Waals surface area contributed by atoms with Crippen LogP contribution in [-0.4, -0.2) is 52.4 Å². The summed E-state index contributed by atoms with van der Waals surface area (Å²) in [6.07, 6.45) is 0.894. The van der Waals surface area contributed by atoms with Crippen molar-refractivity contribution >= 4 is 17.9 Å². The second kappa shape index (κ2) is 12.5. The van der Waals surface area contributed by atoms with Gasteiger partial charge in [0.2, 0.25) is 0 Å². The van der Waals surface area contributed by atoms with Crippen LogP contribution >= 0.6 is 0 Å². The molecule has 0 spiro atoms. The number of aliphatic hydroxyl groups is 1. The van der Waals surface area contributed by atoms with E-state index in [1.807, 2.05) is 19.9 Å². The average molecular weight is 671 g/mol. The number of carbonyl (C=O) groups excluding carboxylic acids is 3.